The maximum absolute atomic E-state index is 12.9. The zero-order chi connectivity index (χ0) is 20.1. The van der Waals surface area contributed by atoms with Crippen LogP contribution in [0.25, 0.3) is 0 Å². The van der Waals surface area contributed by atoms with Gasteiger partial charge in [0, 0.05) is 36.9 Å². The molecule has 0 spiro atoms. The number of rotatable bonds is 4. The number of likely N-dealkylation sites (tertiary alicyclic amines) is 1. The van der Waals surface area contributed by atoms with Crippen LogP contribution in [0.3, 0.4) is 0 Å². The van der Waals surface area contributed by atoms with Crippen LogP contribution in [0.2, 0.25) is 0 Å². The predicted molar refractivity (Wildman–Crippen MR) is 109 cm³/mol. The van der Waals surface area contributed by atoms with Gasteiger partial charge in [-0.15, -0.1) is 0 Å². The highest BCUT2D eigenvalue weighted by Crippen LogP contribution is 2.35. The molecule has 3 atom stereocenters. The van der Waals surface area contributed by atoms with Crippen LogP contribution in [0.4, 0.5) is 0 Å². The fourth-order valence-corrected chi connectivity index (χ4v) is 5.36. The van der Waals surface area contributed by atoms with Crippen LogP contribution < -0.4 is 10.1 Å². The smallest absolute Gasteiger partial charge is 0.255 e. The van der Waals surface area contributed by atoms with E-state index < -0.39 is 6.04 Å². The van der Waals surface area contributed by atoms with E-state index in [1.54, 1.807) is 4.90 Å². The first kappa shape index (κ1) is 18.7. The molecule has 1 saturated carbocycles. The number of hydrogen-bond acceptors (Lipinski definition) is 4. The summed E-state index contributed by atoms with van der Waals surface area (Å²) in [4.78, 5) is 29.5. The molecule has 3 aliphatic heterocycles. The molecular formula is C23H29N3O3. The maximum atomic E-state index is 12.9. The van der Waals surface area contributed by atoms with Gasteiger partial charge in [0.05, 0.1) is 0 Å². The van der Waals surface area contributed by atoms with Crippen LogP contribution in [0, 0.1) is 5.92 Å². The summed E-state index contributed by atoms with van der Waals surface area (Å²) >= 11 is 0. The molecule has 3 fully saturated rings. The Morgan fingerprint density at radius 2 is 2.00 bits per heavy atom. The number of hydrogen-bond donors (Lipinski definition) is 1. The number of piperidine rings is 1. The Hall–Kier alpha value is -2.34. The summed E-state index contributed by atoms with van der Waals surface area (Å²) in [6.07, 6.45) is 5.07. The summed E-state index contributed by atoms with van der Waals surface area (Å²) < 4.78 is 6.39. The lowest BCUT2D eigenvalue weighted by atomic mass is 9.98. The molecule has 1 N–H and O–H groups in total. The lowest BCUT2D eigenvalue weighted by Gasteiger charge is -2.43. The minimum Gasteiger partial charge on any atom is -0.489 e. The van der Waals surface area contributed by atoms with Crippen molar-refractivity contribution in [2.45, 2.75) is 63.8 Å². The zero-order valence-corrected chi connectivity index (χ0v) is 17.0. The Morgan fingerprint density at radius 1 is 1.17 bits per heavy atom. The average Bonchev–Trinajstić information content (AvgIpc) is 3.24. The molecule has 5 rings (SSSR count). The molecule has 1 aliphatic carbocycles. The molecule has 4 aliphatic rings. The van der Waals surface area contributed by atoms with Gasteiger partial charge in [-0.3, -0.25) is 14.5 Å². The van der Waals surface area contributed by atoms with Crippen molar-refractivity contribution in [3.8, 4) is 5.75 Å². The highest BCUT2D eigenvalue weighted by Gasteiger charge is 2.40. The van der Waals surface area contributed by atoms with Crippen LogP contribution in [-0.4, -0.2) is 52.9 Å². The van der Waals surface area contributed by atoms with E-state index in [1.807, 2.05) is 18.2 Å². The van der Waals surface area contributed by atoms with Crippen molar-refractivity contribution in [2.24, 2.45) is 5.92 Å². The van der Waals surface area contributed by atoms with Gasteiger partial charge in [0.2, 0.25) is 5.91 Å². The third-order valence-electron chi connectivity index (χ3n) is 6.87. The number of amides is 2. The molecule has 2 saturated heterocycles. The van der Waals surface area contributed by atoms with Gasteiger partial charge in [0.25, 0.3) is 5.91 Å². The SMILES string of the molecule is C=C1CCC(N2Cc3cc(OC4CCCC4N4CC(C)C4)ccc3C2=O)C(=O)N1. The van der Waals surface area contributed by atoms with Crippen molar-refractivity contribution in [3.05, 3.63) is 41.6 Å². The Labute approximate surface area is 171 Å². The summed E-state index contributed by atoms with van der Waals surface area (Å²) in [6, 6.07) is 5.87. The minimum atomic E-state index is -0.419. The summed E-state index contributed by atoms with van der Waals surface area (Å²) in [5.41, 5.74) is 2.37. The zero-order valence-electron chi connectivity index (χ0n) is 17.0. The quantitative estimate of drug-likeness (QED) is 0.852. The summed E-state index contributed by atoms with van der Waals surface area (Å²) in [6.45, 7) is 8.94. The summed E-state index contributed by atoms with van der Waals surface area (Å²) in [7, 11) is 0. The van der Waals surface area contributed by atoms with E-state index in [-0.39, 0.29) is 17.9 Å². The third-order valence-corrected chi connectivity index (χ3v) is 6.87. The van der Waals surface area contributed by atoms with Gasteiger partial charge in [-0.05, 0) is 61.8 Å². The molecule has 0 bridgehead atoms. The number of allylic oxidation sites excluding steroid dienone is 1. The molecule has 1 aromatic carbocycles. The van der Waals surface area contributed by atoms with Gasteiger partial charge in [-0.1, -0.05) is 13.5 Å². The first-order chi connectivity index (χ1) is 14.0. The number of nitrogens with zero attached hydrogens (tertiary/aromatic N) is 2. The van der Waals surface area contributed by atoms with Crippen molar-refractivity contribution in [1.29, 1.82) is 0 Å². The first-order valence-corrected chi connectivity index (χ1v) is 10.8. The van der Waals surface area contributed by atoms with E-state index in [2.05, 4.69) is 23.7 Å². The Bertz CT molecular complexity index is 861. The molecule has 0 radical (unpaired) electrons. The topological polar surface area (TPSA) is 61.9 Å². The van der Waals surface area contributed by atoms with Crippen LogP contribution in [0.1, 0.15) is 54.9 Å². The Kier molecular flexibility index (Phi) is 4.62. The monoisotopic (exact) mass is 395 g/mol. The van der Waals surface area contributed by atoms with Gasteiger partial charge in [-0.25, -0.2) is 0 Å². The maximum Gasteiger partial charge on any atom is 0.255 e. The van der Waals surface area contributed by atoms with E-state index in [1.165, 1.54) is 25.9 Å². The Balaban J connectivity index is 1.29. The minimum absolute atomic E-state index is 0.0625. The number of fused-ring (bicyclic) bond motifs is 1. The molecule has 3 heterocycles. The van der Waals surface area contributed by atoms with Crippen LogP contribution >= 0.6 is 0 Å². The van der Waals surface area contributed by atoms with Gasteiger partial charge in [0.15, 0.2) is 0 Å². The van der Waals surface area contributed by atoms with Crippen molar-refractivity contribution in [2.75, 3.05) is 13.1 Å². The molecule has 154 valence electrons. The second-order valence-electron chi connectivity index (χ2n) is 9.11. The van der Waals surface area contributed by atoms with Gasteiger partial charge >= 0.3 is 0 Å². The van der Waals surface area contributed by atoms with E-state index in [0.717, 1.165) is 29.3 Å². The molecule has 6 nitrogen and oxygen atoms in total. The Morgan fingerprint density at radius 3 is 2.76 bits per heavy atom. The second kappa shape index (κ2) is 7.17. The number of nitrogens with one attached hydrogen (secondary N) is 1. The first-order valence-electron chi connectivity index (χ1n) is 10.8. The summed E-state index contributed by atoms with van der Waals surface area (Å²) in [5.74, 6) is 1.44. The largest absolute Gasteiger partial charge is 0.489 e. The van der Waals surface area contributed by atoms with Crippen LogP contribution in [-0.2, 0) is 11.3 Å². The van der Waals surface area contributed by atoms with Crippen LogP contribution in [0.5, 0.6) is 5.75 Å². The van der Waals surface area contributed by atoms with E-state index in [4.69, 9.17) is 4.74 Å². The van der Waals surface area contributed by atoms with E-state index in [0.29, 0.717) is 31.0 Å². The summed E-state index contributed by atoms with van der Waals surface area (Å²) in [5, 5.41) is 2.79. The van der Waals surface area contributed by atoms with Gasteiger partial charge in [-0.2, -0.15) is 0 Å². The van der Waals surface area contributed by atoms with E-state index in [9.17, 15) is 9.59 Å². The van der Waals surface area contributed by atoms with E-state index >= 15 is 0 Å². The molecule has 29 heavy (non-hydrogen) atoms. The number of carbonyl (C=O) groups is 2. The van der Waals surface area contributed by atoms with Gasteiger partial charge < -0.3 is 15.0 Å². The lowest BCUT2D eigenvalue weighted by molar-refractivity contribution is -0.126. The average molecular weight is 396 g/mol. The number of carbonyl (C=O) groups excluding carboxylic acids is 2. The van der Waals surface area contributed by atoms with Crippen molar-refractivity contribution < 1.29 is 14.3 Å². The van der Waals surface area contributed by atoms with Crippen molar-refractivity contribution in [1.82, 2.24) is 15.1 Å². The fraction of sp³-hybridized carbons (Fsp3) is 0.565. The third kappa shape index (κ3) is 3.33. The standard InChI is InChI=1S/C23H29N3O3/c1-14-11-25(12-14)19-4-3-5-21(19)29-17-7-8-18-16(10-17)13-26(23(18)28)20-9-6-15(2)24-22(20)27/h7-8,10,14,19-21H,2-6,9,11-13H2,1H3,(H,24,27). The number of ether oxygens (including phenoxy) is 1. The fourth-order valence-electron chi connectivity index (χ4n) is 5.36. The van der Waals surface area contributed by atoms with Crippen LogP contribution in [0.15, 0.2) is 30.5 Å². The molecule has 3 unspecified atom stereocenters. The molecular weight excluding hydrogens is 366 g/mol. The van der Waals surface area contributed by atoms with Gasteiger partial charge in [0.1, 0.15) is 17.9 Å². The molecule has 2 amide bonds. The van der Waals surface area contributed by atoms with Crippen molar-refractivity contribution in [3.63, 3.8) is 0 Å². The highest BCUT2D eigenvalue weighted by atomic mass is 16.5. The predicted octanol–water partition coefficient (Wildman–Crippen LogP) is 2.69. The second-order valence-corrected chi connectivity index (χ2v) is 9.11. The number of benzene rings is 1. The van der Waals surface area contributed by atoms with Crippen molar-refractivity contribution >= 4 is 11.8 Å². The highest BCUT2D eigenvalue weighted by molar-refractivity contribution is 6.01. The molecule has 0 aromatic heterocycles. The molecule has 6 heteroatoms. The molecule has 1 aromatic rings. The normalized spacial score (nSPS) is 30.3. The lowest BCUT2D eigenvalue weighted by Crippen LogP contribution is -2.54.